The largest absolute Gasteiger partial charge is 0.506 e. The van der Waals surface area contributed by atoms with Crippen LogP contribution in [0.4, 0.5) is 11.4 Å². The van der Waals surface area contributed by atoms with Crippen molar-refractivity contribution in [2.75, 3.05) is 23.7 Å². The summed E-state index contributed by atoms with van der Waals surface area (Å²) in [6.45, 7) is 3.71. The SMILES string of the molecule is CCc1ccc(NCCNc2ccccc2O)cc1. The minimum atomic E-state index is 0.287. The van der Waals surface area contributed by atoms with Gasteiger partial charge < -0.3 is 15.7 Å². The summed E-state index contributed by atoms with van der Waals surface area (Å²) in [5.74, 6) is 0.287. The Kier molecular flexibility index (Phi) is 4.67. The highest BCUT2D eigenvalue weighted by Gasteiger charge is 1.97. The molecule has 0 heterocycles. The predicted molar refractivity (Wildman–Crippen MR) is 80.9 cm³/mol. The molecule has 3 nitrogen and oxygen atoms in total. The van der Waals surface area contributed by atoms with Gasteiger partial charge in [-0.1, -0.05) is 31.2 Å². The smallest absolute Gasteiger partial charge is 0.138 e. The zero-order valence-corrected chi connectivity index (χ0v) is 11.2. The number of para-hydroxylation sites is 2. The Labute approximate surface area is 114 Å². The molecule has 0 bridgehead atoms. The number of benzene rings is 2. The fourth-order valence-electron chi connectivity index (χ4n) is 1.89. The third kappa shape index (κ3) is 3.91. The van der Waals surface area contributed by atoms with Gasteiger partial charge in [-0.3, -0.25) is 0 Å². The van der Waals surface area contributed by atoms with Crippen molar-refractivity contribution in [3.63, 3.8) is 0 Å². The van der Waals surface area contributed by atoms with Crippen molar-refractivity contribution in [1.82, 2.24) is 0 Å². The lowest BCUT2D eigenvalue weighted by atomic mass is 10.1. The number of aromatic hydroxyl groups is 1. The monoisotopic (exact) mass is 256 g/mol. The van der Waals surface area contributed by atoms with Crippen LogP contribution in [0.15, 0.2) is 48.5 Å². The number of phenolic OH excluding ortho intramolecular Hbond substituents is 1. The first-order valence-corrected chi connectivity index (χ1v) is 6.64. The summed E-state index contributed by atoms with van der Waals surface area (Å²) in [6, 6.07) is 15.7. The second kappa shape index (κ2) is 6.69. The van der Waals surface area contributed by atoms with Crippen LogP contribution in [0.25, 0.3) is 0 Å². The van der Waals surface area contributed by atoms with Gasteiger partial charge in [-0.15, -0.1) is 0 Å². The van der Waals surface area contributed by atoms with Gasteiger partial charge in [0, 0.05) is 18.8 Å². The summed E-state index contributed by atoms with van der Waals surface area (Å²) in [5, 5.41) is 16.1. The van der Waals surface area contributed by atoms with Crippen LogP contribution in [0.5, 0.6) is 5.75 Å². The molecule has 0 radical (unpaired) electrons. The molecule has 0 saturated carbocycles. The molecule has 0 aliphatic heterocycles. The molecule has 0 fully saturated rings. The van der Waals surface area contributed by atoms with E-state index in [1.807, 2.05) is 18.2 Å². The van der Waals surface area contributed by atoms with E-state index >= 15 is 0 Å². The van der Waals surface area contributed by atoms with Crippen molar-refractivity contribution in [2.45, 2.75) is 13.3 Å². The van der Waals surface area contributed by atoms with Crippen LogP contribution < -0.4 is 10.6 Å². The first-order chi connectivity index (χ1) is 9.29. The molecule has 0 unspecified atom stereocenters. The first-order valence-electron chi connectivity index (χ1n) is 6.64. The number of rotatable bonds is 6. The maximum atomic E-state index is 9.60. The van der Waals surface area contributed by atoms with E-state index in [0.29, 0.717) is 0 Å². The highest BCUT2D eigenvalue weighted by molar-refractivity contribution is 5.55. The summed E-state index contributed by atoms with van der Waals surface area (Å²) in [7, 11) is 0. The van der Waals surface area contributed by atoms with Crippen molar-refractivity contribution in [2.24, 2.45) is 0 Å². The number of aryl methyl sites for hydroxylation is 1. The molecule has 0 saturated heterocycles. The fraction of sp³-hybridized carbons (Fsp3) is 0.250. The Bertz CT molecular complexity index is 508. The van der Waals surface area contributed by atoms with Crippen LogP contribution in [-0.4, -0.2) is 18.2 Å². The first kappa shape index (κ1) is 13.3. The van der Waals surface area contributed by atoms with Gasteiger partial charge in [0.25, 0.3) is 0 Å². The second-order valence-corrected chi connectivity index (χ2v) is 4.42. The van der Waals surface area contributed by atoms with E-state index < -0.39 is 0 Å². The van der Waals surface area contributed by atoms with Crippen molar-refractivity contribution >= 4 is 11.4 Å². The highest BCUT2D eigenvalue weighted by Crippen LogP contribution is 2.20. The van der Waals surface area contributed by atoms with E-state index in [4.69, 9.17) is 0 Å². The zero-order chi connectivity index (χ0) is 13.5. The topological polar surface area (TPSA) is 44.3 Å². The van der Waals surface area contributed by atoms with Crippen LogP contribution in [0.3, 0.4) is 0 Å². The summed E-state index contributed by atoms with van der Waals surface area (Å²) >= 11 is 0. The van der Waals surface area contributed by atoms with E-state index in [9.17, 15) is 5.11 Å². The maximum absolute atomic E-state index is 9.60. The fourth-order valence-corrected chi connectivity index (χ4v) is 1.89. The van der Waals surface area contributed by atoms with Gasteiger partial charge in [-0.05, 0) is 36.2 Å². The van der Waals surface area contributed by atoms with Crippen molar-refractivity contribution in [3.05, 3.63) is 54.1 Å². The Balaban J connectivity index is 1.76. The van der Waals surface area contributed by atoms with Gasteiger partial charge >= 0.3 is 0 Å². The van der Waals surface area contributed by atoms with Crippen LogP contribution in [0, 0.1) is 0 Å². The third-order valence-electron chi connectivity index (χ3n) is 3.04. The lowest BCUT2D eigenvalue weighted by Gasteiger charge is -2.10. The molecule has 3 N–H and O–H groups in total. The molecule has 19 heavy (non-hydrogen) atoms. The predicted octanol–water partition coefficient (Wildman–Crippen LogP) is 3.48. The van der Waals surface area contributed by atoms with Gasteiger partial charge in [-0.25, -0.2) is 0 Å². The van der Waals surface area contributed by atoms with E-state index in [-0.39, 0.29) is 5.75 Å². The molecule has 0 aromatic heterocycles. The van der Waals surface area contributed by atoms with Gasteiger partial charge in [0.1, 0.15) is 5.75 Å². The molecule has 0 spiro atoms. The van der Waals surface area contributed by atoms with E-state index in [0.717, 1.165) is 30.9 Å². The molecule has 100 valence electrons. The van der Waals surface area contributed by atoms with Crippen LogP contribution in [-0.2, 0) is 6.42 Å². The number of hydrogen-bond donors (Lipinski definition) is 3. The number of nitrogens with one attached hydrogen (secondary N) is 2. The average Bonchev–Trinajstić information content (AvgIpc) is 2.46. The minimum absolute atomic E-state index is 0.287. The van der Waals surface area contributed by atoms with Crippen molar-refractivity contribution < 1.29 is 5.11 Å². The summed E-state index contributed by atoms with van der Waals surface area (Å²) in [5.41, 5.74) is 3.24. The average molecular weight is 256 g/mol. The van der Waals surface area contributed by atoms with Crippen molar-refractivity contribution in [3.8, 4) is 5.75 Å². The highest BCUT2D eigenvalue weighted by atomic mass is 16.3. The second-order valence-electron chi connectivity index (χ2n) is 4.42. The normalized spacial score (nSPS) is 10.2. The Morgan fingerprint density at radius 3 is 2.26 bits per heavy atom. The van der Waals surface area contributed by atoms with Crippen molar-refractivity contribution in [1.29, 1.82) is 0 Å². The van der Waals surface area contributed by atoms with E-state index in [1.165, 1.54) is 5.56 Å². The summed E-state index contributed by atoms with van der Waals surface area (Å²) in [6.07, 6.45) is 1.06. The molecule has 3 heteroatoms. The molecule has 0 aliphatic rings. The van der Waals surface area contributed by atoms with Gasteiger partial charge in [-0.2, -0.15) is 0 Å². The molecule has 0 amide bonds. The van der Waals surface area contributed by atoms with E-state index in [1.54, 1.807) is 6.07 Å². The molecule has 2 aromatic rings. The summed E-state index contributed by atoms with van der Waals surface area (Å²) in [4.78, 5) is 0. The van der Waals surface area contributed by atoms with Gasteiger partial charge in [0.15, 0.2) is 0 Å². The van der Waals surface area contributed by atoms with Crippen LogP contribution in [0.1, 0.15) is 12.5 Å². The van der Waals surface area contributed by atoms with Gasteiger partial charge in [0.2, 0.25) is 0 Å². The zero-order valence-electron chi connectivity index (χ0n) is 11.2. The molecule has 0 atom stereocenters. The Hall–Kier alpha value is -2.16. The van der Waals surface area contributed by atoms with E-state index in [2.05, 4.69) is 41.8 Å². The molecule has 2 aromatic carbocycles. The molecular formula is C16H20N2O. The maximum Gasteiger partial charge on any atom is 0.138 e. The molecule has 0 aliphatic carbocycles. The standard InChI is InChI=1S/C16H20N2O/c1-2-13-7-9-14(10-8-13)17-11-12-18-15-5-3-4-6-16(15)19/h3-10,17-19H,2,11-12H2,1H3. The quantitative estimate of drug-likeness (QED) is 0.547. The van der Waals surface area contributed by atoms with Crippen LogP contribution >= 0.6 is 0 Å². The number of anilines is 2. The molecule has 2 rings (SSSR count). The number of hydrogen-bond acceptors (Lipinski definition) is 3. The third-order valence-corrected chi connectivity index (χ3v) is 3.04. The Morgan fingerprint density at radius 1 is 0.895 bits per heavy atom. The Morgan fingerprint density at radius 2 is 1.58 bits per heavy atom. The summed E-state index contributed by atoms with van der Waals surface area (Å²) < 4.78 is 0. The lowest BCUT2D eigenvalue weighted by Crippen LogP contribution is -2.13. The number of phenols is 1. The molecular weight excluding hydrogens is 236 g/mol. The lowest BCUT2D eigenvalue weighted by molar-refractivity contribution is 0.477. The van der Waals surface area contributed by atoms with Gasteiger partial charge in [0.05, 0.1) is 5.69 Å². The van der Waals surface area contributed by atoms with Crippen LogP contribution in [0.2, 0.25) is 0 Å². The minimum Gasteiger partial charge on any atom is -0.506 e.